The molecule has 0 saturated heterocycles. The number of hydrogen-bond acceptors (Lipinski definition) is 4. The monoisotopic (exact) mass is 213 g/mol. The van der Waals surface area contributed by atoms with Crippen LogP contribution in [0.2, 0.25) is 0 Å². The molecule has 1 aromatic heterocycles. The molecule has 0 amide bonds. The molecule has 1 heterocycles. The second-order valence-corrected chi connectivity index (χ2v) is 3.39. The minimum atomic E-state index is 0.0806. The van der Waals surface area contributed by atoms with E-state index in [-0.39, 0.29) is 12.6 Å². The largest absolute Gasteiger partial charge is 0.394 e. The lowest BCUT2D eigenvalue weighted by Gasteiger charge is -2.13. The van der Waals surface area contributed by atoms with E-state index in [1.54, 1.807) is 6.20 Å². The third-order valence-corrected chi connectivity index (χ3v) is 2.24. The van der Waals surface area contributed by atoms with Gasteiger partial charge in [0.15, 0.2) is 0 Å². The normalized spacial score (nSPS) is 13.0. The highest BCUT2D eigenvalue weighted by atomic mass is 16.5. The average molecular weight is 213 g/mol. The van der Waals surface area contributed by atoms with Crippen LogP contribution in [-0.2, 0) is 11.8 Å². The van der Waals surface area contributed by atoms with Crippen molar-refractivity contribution in [3.05, 3.63) is 18.0 Å². The molecule has 1 atom stereocenters. The van der Waals surface area contributed by atoms with E-state index in [9.17, 15) is 0 Å². The molecular formula is C10H19N3O2. The Kier molecular flexibility index (Phi) is 5.31. The fourth-order valence-electron chi connectivity index (χ4n) is 1.43. The first-order chi connectivity index (χ1) is 7.25. The van der Waals surface area contributed by atoms with Gasteiger partial charge < -0.3 is 15.2 Å². The first-order valence-corrected chi connectivity index (χ1v) is 5.15. The molecule has 1 rings (SSSR count). The molecule has 5 nitrogen and oxygen atoms in total. The molecule has 1 aromatic rings. The summed E-state index contributed by atoms with van der Waals surface area (Å²) in [4.78, 5) is 0. The van der Waals surface area contributed by atoms with E-state index in [1.165, 1.54) is 0 Å². The Balaban J connectivity index is 2.19. The van der Waals surface area contributed by atoms with Gasteiger partial charge in [-0.25, -0.2) is 0 Å². The lowest BCUT2D eigenvalue weighted by molar-refractivity contribution is 0.0927. The minimum Gasteiger partial charge on any atom is -0.394 e. The van der Waals surface area contributed by atoms with Crippen LogP contribution < -0.4 is 5.32 Å². The van der Waals surface area contributed by atoms with Crippen LogP contribution in [0.4, 0.5) is 0 Å². The highest BCUT2D eigenvalue weighted by molar-refractivity contribution is 5.04. The maximum absolute atomic E-state index is 8.50. The van der Waals surface area contributed by atoms with E-state index in [0.717, 1.165) is 12.2 Å². The van der Waals surface area contributed by atoms with Crippen LogP contribution in [0.5, 0.6) is 0 Å². The van der Waals surface area contributed by atoms with Gasteiger partial charge in [0.1, 0.15) is 0 Å². The van der Waals surface area contributed by atoms with E-state index in [4.69, 9.17) is 9.84 Å². The van der Waals surface area contributed by atoms with Gasteiger partial charge in [0, 0.05) is 25.8 Å². The second kappa shape index (κ2) is 6.55. The molecule has 86 valence electrons. The lowest BCUT2D eigenvalue weighted by atomic mass is 10.2. The Morgan fingerprint density at radius 2 is 2.40 bits per heavy atom. The molecule has 0 aliphatic rings. The number of ether oxygens (including phenoxy) is 1. The SMILES string of the molecule is CC(NCCOCCO)c1ccnn1C. The quantitative estimate of drug-likeness (QED) is 0.630. The predicted octanol–water partition coefficient (Wildman–Crippen LogP) is 0.0796. The molecule has 5 heteroatoms. The van der Waals surface area contributed by atoms with Gasteiger partial charge in [-0.2, -0.15) is 5.10 Å². The first-order valence-electron chi connectivity index (χ1n) is 5.15. The number of aromatic nitrogens is 2. The number of aliphatic hydroxyl groups is 1. The van der Waals surface area contributed by atoms with Gasteiger partial charge in [0.25, 0.3) is 0 Å². The van der Waals surface area contributed by atoms with Gasteiger partial charge >= 0.3 is 0 Å². The summed E-state index contributed by atoms with van der Waals surface area (Å²) in [6, 6.07) is 2.25. The maximum atomic E-state index is 8.50. The van der Waals surface area contributed by atoms with Gasteiger partial charge in [-0.15, -0.1) is 0 Å². The molecule has 15 heavy (non-hydrogen) atoms. The second-order valence-electron chi connectivity index (χ2n) is 3.39. The van der Waals surface area contributed by atoms with Gasteiger partial charge in [0.05, 0.1) is 25.5 Å². The Labute approximate surface area is 90.1 Å². The van der Waals surface area contributed by atoms with Crippen LogP contribution in [0.3, 0.4) is 0 Å². The predicted molar refractivity (Wildman–Crippen MR) is 57.5 cm³/mol. The third-order valence-electron chi connectivity index (χ3n) is 2.24. The summed E-state index contributed by atoms with van der Waals surface area (Å²) in [5, 5.41) is 15.9. The molecule has 0 aliphatic heterocycles. The van der Waals surface area contributed by atoms with Crippen LogP contribution in [-0.4, -0.2) is 41.3 Å². The van der Waals surface area contributed by atoms with Crippen LogP contribution in [0.25, 0.3) is 0 Å². The number of aryl methyl sites for hydroxylation is 1. The Bertz CT molecular complexity index is 275. The maximum Gasteiger partial charge on any atom is 0.0698 e. The Hall–Kier alpha value is -0.910. The summed E-state index contributed by atoms with van der Waals surface area (Å²) >= 11 is 0. The number of nitrogens with zero attached hydrogens (tertiary/aromatic N) is 2. The molecule has 2 N–H and O–H groups in total. The summed E-state index contributed by atoms with van der Waals surface area (Å²) in [7, 11) is 1.93. The van der Waals surface area contributed by atoms with Gasteiger partial charge in [-0.1, -0.05) is 0 Å². The van der Waals surface area contributed by atoms with E-state index in [1.807, 2.05) is 17.8 Å². The number of nitrogens with one attached hydrogen (secondary N) is 1. The fraction of sp³-hybridized carbons (Fsp3) is 0.700. The van der Waals surface area contributed by atoms with Crippen LogP contribution >= 0.6 is 0 Å². The zero-order chi connectivity index (χ0) is 11.1. The lowest BCUT2D eigenvalue weighted by Crippen LogP contribution is -2.25. The summed E-state index contributed by atoms with van der Waals surface area (Å²) in [6.45, 7) is 3.96. The molecule has 0 bridgehead atoms. The van der Waals surface area contributed by atoms with E-state index in [2.05, 4.69) is 17.3 Å². The van der Waals surface area contributed by atoms with Crippen molar-refractivity contribution in [2.75, 3.05) is 26.4 Å². The minimum absolute atomic E-state index is 0.0806. The van der Waals surface area contributed by atoms with Crippen LogP contribution in [0.15, 0.2) is 12.3 Å². The molecular weight excluding hydrogens is 194 g/mol. The third kappa shape index (κ3) is 3.99. The molecule has 1 unspecified atom stereocenters. The Morgan fingerprint density at radius 1 is 1.60 bits per heavy atom. The van der Waals surface area contributed by atoms with Crippen molar-refractivity contribution in [2.24, 2.45) is 7.05 Å². The summed E-state index contributed by atoms with van der Waals surface area (Å²) < 4.78 is 7.00. The molecule has 0 aliphatic carbocycles. The van der Waals surface area contributed by atoms with Gasteiger partial charge in [0.2, 0.25) is 0 Å². The van der Waals surface area contributed by atoms with Crippen molar-refractivity contribution < 1.29 is 9.84 Å². The highest BCUT2D eigenvalue weighted by Crippen LogP contribution is 2.09. The van der Waals surface area contributed by atoms with Crippen molar-refractivity contribution >= 4 is 0 Å². The van der Waals surface area contributed by atoms with E-state index < -0.39 is 0 Å². The summed E-state index contributed by atoms with van der Waals surface area (Å²) in [6.07, 6.45) is 1.79. The smallest absolute Gasteiger partial charge is 0.0698 e. The van der Waals surface area contributed by atoms with Gasteiger partial charge in [-0.3, -0.25) is 4.68 Å². The highest BCUT2D eigenvalue weighted by Gasteiger charge is 2.07. The van der Waals surface area contributed by atoms with E-state index in [0.29, 0.717) is 13.2 Å². The van der Waals surface area contributed by atoms with Crippen molar-refractivity contribution in [1.82, 2.24) is 15.1 Å². The van der Waals surface area contributed by atoms with Crippen LogP contribution in [0.1, 0.15) is 18.7 Å². The molecule has 0 fully saturated rings. The van der Waals surface area contributed by atoms with E-state index >= 15 is 0 Å². The average Bonchev–Trinajstić information content (AvgIpc) is 2.64. The molecule has 0 saturated carbocycles. The molecule has 0 radical (unpaired) electrons. The number of rotatable bonds is 7. The topological polar surface area (TPSA) is 59.3 Å². The van der Waals surface area contributed by atoms with Gasteiger partial charge in [-0.05, 0) is 13.0 Å². The van der Waals surface area contributed by atoms with Crippen molar-refractivity contribution in [3.63, 3.8) is 0 Å². The van der Waals surface area contributed by atoms with Crippen molar-refractivity contribution in [1.29, 1.82) is 0 Å². The molecule has 0 aromatic carbocycles. The first kappa shape index (κ1) is 12.2. The standard InChI is InChI=1S/C10H19N3O2/c1-9(10-3-4-12-13(10)2)11-5-7-15-8-6-14/h3-4,9,11,14H,5-8H2,1-2H3. The summed E-state index contributed by atoms with van der Waals surface area (Å²) in [5.74, 6) is 0. The number of aliphatic hydroxyl groups excluding tert-OH is 1. The zero-order valence-corrected chi connectivity index (χ0v) is 9.31. The van der Waals surface area contributed by atoms with Crippen LogP contribution in [0, 0.1) is 0 Å². The zero-order valence-electron chi connectivity index (χ0n) is 9.31. The van der Waals surface area contributed by atoms with Crippen molar-refractivity contribution in [2.45, 2.75) is 13.0 Å². The van der Waals surface area contributed by atoms with Crippen molar-refractivity contribution in [3.8, 4) is 0 Å². The Morgan fingerprint density at radius 3 is 3.00 bits per heavy atom. The number of hydrogen-bond donors (Lipinski definition) is 2. The summed E-state index contributed by atoms with van der Waals surface area (Å²) in [5.41, 5.74) is 1.15. The molecule has 0 spiro atoms. The fourth-order valence-corrected chi connectivity index (χ4v) is 1.43.